The lowest BCUT2D eigenvalue weighted by Gasteiger charge is -2.07. The Labute approximate surface area is 141 Å². The molecule has 2 aromatic heterocycles. The summed E-state index contributed by atoms with van der Waals surface area (Å²) in [7, 11) is 0. The van der Waals surface area contributed by atoms with Crippen LogP contribution in [0.5, 0.6) is 0 Å². The van der Waals surface area contributed by atoms with Gasteiger partial charge in [0, 0.05) is 22.7 Å². The molecule has 2 aromatic rings. The number of aromatic nitrogens is 1. The van der Waals surface area contributed by atoms with Gasteiger partial charge in [-0.25, -0.2) is 0 Å². The molecule has 0 aliphatic carbocycles. The van der Waals surface area contributed by atoms with E-state index in [4.69, 9.17) is 0 Å². The lowest BCUT2D eigenvalue weighted by atomic mass is 10.1. The first-order valence-corrected chi connectivity index (χ1v) is 8.87. The van der Waals surface area contributed by atoms with E-state index in [1.165, 1.54) is 10.4 Å². The Morgan fingerprint density at radius 1 is 1.26 bits per heavy atom. The minimum Gasteiger partial charge on any atom is -0.347 e. The molecule has 23 heavy (non-hydrogen) atoms. The molecule has 0 radical (unpaired) electrons. The molecule has 1 amide bonds. The van der Waals surface area contributed by atoms with E-state index in [2.05, 4.69) is 24.1 Å². The summed E-state index contributed by atoms with van der Waals surface area (Å²) in [6, 6.07) is 3.90. The third-order valence-electron chi connectivity index (χ3n) is 3.90. The molecule has 0 aliphatic rings. The van der Waals surface area contributed by atoms with E-state index < -0.39 is 0 Å². The molecular formula is C18H24N2O2S. The van der Waals surface area contributed by atoms with Crippen molar-refractivity contribution in [1.82, 2.24) is 10.3 Å². The number of rotatable bonds is 6. The summed E-state index contributed by atoms with van der Waals surface area (Å²) in [6.45, 7) is 8.25. The van der Waals surface area contributed by atoms with Crippen LogP contribution in [0.15, 0.2) is 16.9 Å². The number of amides is 1. The molecule has 2 N–H and O–H groups in total. The van der Waals surface area contributed by atoms with Crippen molar-refractivity contribution in [3.63, 3.8) is 0 Å². The monoisotopic (exact) mass is 332 g/mol. The standard InChI is InChI=1S/C18H24N2O2S/c1-5-7-15-13(6-2)9-16(23-15)18(22)19-10-14-11(3)8-12(4)20-17(14)21/h8-9H,5-7,10H2,1-4H3,(H,19,22)(H,20,21). The number of hydrogen-bond acceptors (Lipinski definition) is 3. The van der Waals surface area contributed by atoms with Crippen LogP contribution in [0.25, 0.3) is 0 Å². The van der Waals surface area contributed by atoms with Crippen LogP contribution in [0.4, 0.5) is 0 Å². The zero-order valence-electron chi connectivity index (χ0n) is 14.2. The molecule has 0 aromatic carbocycles. The smallest absolute Gasteiger partial charge is 0.261 e. The van der Waals surface area contributed by atoms with E-state index in [1.54, 1.807) is 11.3 Å². The molecule has 0 spiro atoms. The molecule has 0 unspecified atom stereocenters. The fourth-order valence-corrected chi connectivity index (χ4v) is 3.95. The van der Waals surface area contributed by atoms with Gasteiger partial charge in [-0.1, -0.05) is 20.3 Å². The van der Waals surface area contributed by atoms with E-state index in [-0.39, 0.29) is 18.0 Å². The highest BCUT2D eigenvalue weighted by Crippen LogP contribution is 2.24. The van der Waals surface area contributed by atoms with Crippen LogP contribution in [0, 0.1) is 13.8 Å². The van der Waals surface area contributed by atoms with Crippen LogP contribution >= 0.6 is 11.3 Å². The highest BCUT2D eigenvalue weighted by atomic mass is 32.1. The van der Waals surface area contributed by atoms with Gasteiger partial charge in [0.25, 0.3) is 11.5 Å². The number of carbonyl (C=O) groups is 1. The maximum atomic E-state index is 12.4. The molecule has 2 rings (SSSR count). The Balaban J connectivity index is 2.13. The van der Waals surface area contributed by atoms with E-state index in [9.17, 15) is 9.59 Å². The van der Waals surface area contributed by atoms with Crippen LogP contribution in [-0.4, -0.2) is 10.9 Å². The normalized spacial score (nSPS) is 10.8. The number of hydrogen-bond donors (Lipinski definition) is 2. The molecule has 4 nitrogen and oxygen atoms in total. The van der Waals surface area contributed by atoms with E-state index in [0.29, 0.717) is 5.56 Å². The minimum atomic E-state index is -0.130. The Bertz CT molecular complexity index is 759. The summed E-state index contributed by atoms with van der Waals surface area (Å²) in [5.41, 5.74) is 3.47. The SMILES string of the molecule is CCCc1sc(C(=O)NCc2c(C)cc(C)[nH]c2=O)cc1CC. The van der Waals surface area contributed by atoms with E-state index in [0.717, 1.165) is 35.4 Å². The Hall–Kier alpha value is -1.88. The fourth-order valence-electron chi connectivity index (χ4n) is 2.67. The van der Waals surface area contributed by atoms with Crippen LogP contribution in [-0.2, 0) is 19.4 Å². The third kappa shape index (κ3) is 4.10. The average molecular weight is 332 g/mol. The van der Waals surface area contributed by atoms with Crippen molar-refractivity contribution in [3.8, 4) is 0 Å². The van der Waals surface area contributed by atoms with Crippen LogP contribution < -0.4 is 10.9 Å². The fraction of sp³-hybridized carbons (Fsp3) is 0.444. The number of pyridine rings is 1. The summed E-state index contributed by atoms with van der Waals surface area (Å²) < 4.78 is 0. The van der Waals surface area contributed by atoms with E-state index in [1.807, 2.05) is 26.0 Å². The Morgan fingerprint density at radius 3 is 2.61 bits per heavy atom. The summed E-state index contributed by atoms with van der Waals surface area (Å²) in [5.74, 6) is -0.105. The van der Waals surface area contributed by atoms with Crippen molar-refractivity contribution in [2.24, 2.45) is 0 Å². The number of aryl methyl sites for hydroxylation is 4. The van der Waals surface area contributed by atoms with Gasteiger partial charge in [-0.15, -0.1) is 11.3 Å². The van der Waals surface area contributed by atoms with Gasteiger partial charge in [0.1, 0.15) is 0 Å². The summed E-state index contributed by atoms with van der Waals surface area (Å²) in [4.78, 5) is 29.2. The van der Waals surface area contributed by atoms with Gasteiger partial charge in [-0.3, -0.25) is 9.59 Å². The first-order chi connectivity index (χ1) is 11.0. The van der Waals surface area contributed by atoms with Crippen molar-refractivity contribution < 1.29 is 4.79 Å². The minimum absolute atomic E-state index is 0.105. The number of H-pyrrole nitrogens is 1. The topological polar surface area (TPSA) is 62.0 Å². The van der Waals surface area contributed by atoms with Gasteiger partial charge in [-0.2, -0.15) is 0 Å². The van der Waals surface area contributed by atoms with Crippen molar-refractivity contribution in [3.05, 3.63) is 54.6 Å². The number of thiophene rings is 1. The molecule has 0 bridgehead atoms. The van der Waals surface area contributed by atoms with Gasteiger partial charge >= 0.3 is 0 Å². The molecule has 2 heterocycles. The molecule has 0 saturated heterocycles. The quantitative estimate of drug-likeness (QED) is 0.850. The molecule has 0 atom stereocenters. The zero-order valence-corrected chi connectivity index (χ0v) is 15.0. The van der Waals surface area contributed by atoms with Crippen molar-refractivity contribution in [1.29, 1.82) is 0 Å². The first kappa shape index (κ1) is 17.5. The maximum absolute atomic E-state index is 12.4. The highest BCUT2D eigenvalue weighted by Gasteiger charge is 2.14. The molecule has 0 fully saturated rings. The van der Waals surface area contributed by atoms with Crippen molar-refractivity contribution in [2.45, 2.75) is 53.5 Å². The number of nitrogens with one attached hydrogen (secondary N) is 2. The predicted molar refractivity (Wildman–Crippen MR) is 95.4 cm³/mol. The molecule has 124 valence electrons. The van der Waals surface area contributed by atoms with Gasteiger partial charge in [0.15, 0.2) is 0 Å². The van der Waals surface area contributed by atoms with Gasteiger partial charge in [0.2, 0.25) is 0 Å². The summed E-state index contributed by atoms with van der Waals surface area (Å²) in [5, 5.41) is 2.87. The number of aromatic amines is 1. The molecular weight excluding hydrogens is 308 g/mol. The van der Waals surface area contributed by atoms with Gasteiger partial charge < -0.3 is 10.3 Å². The van der Waals surface area contributed by atoms with Crippen molar-refractivity contribution >= 4 is 17.2 Å². The second kappa shape index (κ2) is 7.59. The average Bonchev–Trinajstić information content (AvgIpc) is 2.89. The van der Waals surface area contributed by atoms with Gasteiger partial charge in [-0.05, 0) is 49.9 Å². The lowest BCUT2D eigenvalue weighted by Crippen LogP contribution is -2.27. The van der Waals surface area contributed by atoms with Crippen LogP contribution in [0.3, 0.4) is 0 Å². The summed E-state index contributed by atoms with van der Waals surface area (Å²) in [6.07, 6.45) is 3.03. The Kier molecular flexibility index (Phi) is 5.77. The molecule has 5 heteroatoms. The summed E-state index contributed by atoms with van der Waals surface area (Å²) >= 11 is 1.56. The second-order valence-corrected chi connectivity index (χ2v) is 6.93. The van der Waals surface area contributed by atoms with Crippen LogP contribution in [0.2, 0.25) is 0 Å². The van der Waals surface area contributed by atoms with E-state index >= 15 is 0 Å². The van der Waals surface area contributed by atoms with Crippen molar-refractivity contribution in [2.75, 3.05) is 0 Å². The number of carbonyl (C=O) groups excluding carboxylic acids is 1. The Morgan fingerprint density at radius 2 is 2.00 bits per heavy atom. The second-order valence-electron chi connectivity index (χ2n) is 5.79. The zero-order chi connectivity index (χ0) is 17.0. The third-order valence-corrected chi connectivity index (χ3v) is 5.13. The molecule has 0 aliphatic heterocycles. The lowest BCUT2D eigenvalue weighted by molar-refractivity contribution is 0.0954. The maximum Gasteiger partial charge on any atom is 0.261 e. The van der Waals surface area contributed by atoms with Crippen LogP contribution in [0.1, 0.15) is 57.2 Å². The van der Waals surface area contributed by atoms with Gasteiger partial charge in [0.05, 0.1) is 4.88 Å². The molecule has 0 saturated carbocycles. The largest absolute Gasteiger partial charge is 0.347 e. The predicted octanol–water partition coefficient (Wildman–Crippen LogP) is 3.50. The highest BCUT2D eigenvalue weighted by molar-refractivity contribution is 7.14. The first-order valence-electron chi connectivity index (χ1n) is 8.05.